The van der Waals surface area contributed by atoms with E-state index in [-0.39, 0.29) is 6.47 Å². The molecule has 0 aliphatic carbocycles. The van der Waals surface area contributed by atoms with E-state index in [9.17, 15) is 0 Å². The summed E-state index contributed by atoms with van der Waals surface area (Å²) in [6.07, 6.45) is 0. The second-order valence-electron chi connectivity index (χ2n) is 2.90. The van der Waals surface area contributed by atoms with E-state index >= 15 is 0 Å². The molecule has 17 heavy (non-hydrogen) atoms. The van der Waals surface area contributed by atoms with Gasteiger partial charge in [0, 0.05) is 9.79 Å². The highest BCUT2D eigenvalue weighted by Crippen LogP contribution is 2.36. The van der Waals surface area contributed by atoms with Gasteiger partial charge in [0.05, 0.1) is 0 Å². The summed E-state index contributed by atoms with van der Waals surface area (Å²) >= 11 is 0. The number of carbonyl (C=O) groups is 1. The molecule has 2 nitrogen and oxygen atoms in total. The Hall–Kier alpha value is -1.39. The summed E-state index contributed by atoms with van der Waals surface area (Å²) in [5.74, 6) is 0. The second-order valence-corrected chi connectivity index (χ2v) is 5.17. The Bertz CT molecular complexity index is 378. The van der Waals surface area contributed by atoms with Crippen molar-refractivity contribution in [2.24, 2.45) is 0 Å². The van der Waals surface area contributed by atoms with Gasteiger partial charge in [-0.1, -0.05) is 58.0 Å². The highest BCUT2D eigenvalue weighted by Gasteiger charge is 1.94. The third-order valence-corrected chi connectivity index (χ3v) is 4.14. The maximum absolute atomic E-state index is 8.36. The van der Waals surface area contributed by atoms with Gasteiger partial charge in [-0.05, 0) is 24.3 Å². The van der Waals surface area contributed by atoms with Crippen molar-refractivity contribution in [3.63, 3.8) is 0 Å². The van der Waals surface area contributed by atoms with E-state index in [0.29, 0.717) is 0 Å². The van der Waals surface area contributed by atoms with Crippen molar-refractivity contribution in [2.75, 3.05) is 0 Å². The number of carboxylic acid groups (broad SMARTS) is 1. The van der Waals surface area contributed by atoms with Gasteiger partial charge in [-0.15, -0.1) is 0 Å². The van der Waals surface area contributed by atoms with Gasteiger partial charge in [-0.25, -0.2) is 0 Å². The Balaban J connectivity index is 0.000000437. The zero-order valence-corrected chi connectivity index (χ0v) is 10.7. The van der Waals surface area contributed by atoms with Crippen LogP contribution in [-0.4, -0.2) is 11.6 Å². The monoisotopic (exact) mass is 264 g/mol. The molecule has 4 heteroatoms. The van der Waals surface area contributed by atoms with Crippen LogP contribution in [0, 0.1) is 0 Å². The van der Waals surface area contributed by atoms with Crippen LogP contribution in [0.4, 0.5) is 0 Å². The van der Waals surface area contributed by atoms with Crippen LogP contribution >= 0.6 is 21.6 Å². The molecule has 0 saturated heterocycles. The van der Waals surface area contributed by atoms with Gasteiger partial charge in [-0.3, -0.25) is 4.79 Å². The summed E-state index contributed by atoms with van der Waals surface area (Å²) in [4.78, 5) is 10.9. The minimum absolute atomic E-state index is 0.250. The van der Waals surface area contributed by atoms with Crippen molar-refractivity contribution in [1.82, 2.24) is 0 Å². The van der Waals surface area contributed by atoms with Gasteiger partial charge >= 0.3 is 0 Å². The molecular formula is C13H12O2S2. The molecular weight excluding hydrogens is 252 g/mol. The predicted octanol–water partition coefficient (Wildman–Crippen LogP) is 4.19. The Morgan fingerprint density at radius 1 is 0.765 bits per heavy atom. The van der Waals surface area contributed by atoms with Crippen molar-refractivity contribution < 1.29 is 9.90 Å². The molecule has 2 aromatic rings. The van der Waals surface area contributed by atoms with Crippen molar-refractivity contribution in [3.05, 3.63) is 60.7 Å². The quantitative estimate of drug-likeness (QED) is 0.666. The molecule has 88 valence electrons. The van der Waals surface area contributed by atoms with Gasteiger partial charge in [0.25, 0.3) is 6.47 Å². The van der Waals surface area contributed by atoms with Crippen LogP contribution in [0.5, 0.6) is 0 Å². The Morgan fingerprint density at radius 2 is 1.06 bits per heavy atom. The number of hydrogen-bond donors (Lipinski definition) is 1. The highest BCUT2D eigenvalue weighted by molar-refractivity contribution is 8.76. The van der Waals surface area contributed by atoms with E-state index in [1.807, 2.05) is 12.1 Å². The molecule has 0 amide bonds. The lowest BCUT2D eigenvalue weighted by Crippen LogP contribution is -1.67. The molecule has 2 rings (SSSR count). The molecule has 0 saturated carbocycles. The lowest BCUT2D eigenvalue weighted by Gasteiger charge is -1.99. The van der Waals surface area contributed by atoms with E-state index < -0.39 is 0 Å². The molecule has 2 aromatic carbocycles. The zero-order valence-electron chi connectivity index (χ0n) is 9.02. The van der Waals surface area contributed by atoms with E-state index in [1.165, 1.54) is 9.79 Å². The average molecular weight is 264 g/mol. The smallest absolute Gasteiger partial charge is 0.290 e. The largest absolute Gasteiger partial charge is 0.483 e. The summed E-state index contributed by atoms with van der Waals surface area (Å²) in [6, 6.07) is 20.8. The van der Waals surface area contributed by atoms with E-state index in [1.54, 1.807) is 21.6 Å². The first-order valence-corrected chi connectivity index (χ1v) is 7.04. The SMILES string of the molecule is O=CO.c1ccc(SSc2ccccc2)cc1. The van der Waals surface area contributed by atoms with E-state index in [2.05, 4.69) is 48.5 Å². The topological polar surface area (TPSA) is 37.3 Å². The molecule has 0 heterocycles. The average Bonchev–Trinajstić information content (AvgIpc) is 2.40. The van der Waals surface area contributed by atoms with Crippen LogP contribution in [0.15, 0.2) is 70.5 Å². The first-order valence-electron chi connectivity index (χ1n) is 4.89. The Morgan fingerprint density at radius 3 is 1.35 bits per heavy atom. The number of benzene rings is 2. The van der Waals surface area contributed by atoms with Crippen LogP contribution in [0.3, 0.4) is 0 Å². The maximum atomic E-state index is 8.36. The third-order valence-electron chi connectivity index (χ3n) is 1.72. The van der Waals surface area contributed by atoms with Crippen molar-refractivity contribution in [1.29, 1.82) is 0 Å². The fourth-order valence-electron chi connectivity index (χ4n) is 1.05. The predicted molar refractivity (Wildman–Crippen MR) is 73.3 cm³/mol. The standard InChI is InChI=1S/C12H10S2.CH2O2/c1-3-7-11(8-4-1)13-14-12-9-5-2-6-10-12;2-1-3/h1-10H;1H,(H,2,3). The van der Waals surface area contributed by atoms with Crippen LogP contribution in [0.25, 0.3) is 0 Å². The van der Waals surface area contributed by atoms with Crippen LogP contribution in [0.1, 0.15) is 0 Å². The summed E-state index contributed by atoms with van der Waals surface area (Å²) in [5, 5.41) is 6.89. The third kappa shape index (κ3) is 6.04. The van der Waals surface area contributed by atoms with Gasteiger partial charge in [0.15, 0.2) is 0 Å². The van der Waals surface area contributed by atoms with E-state index in [0.717, 1.165) is 0 Å². The first-order chi connectivity index (χ1) is 8.36. The molecule has 0 fully saturated rings. The van der Waals surface area contributed by atoms with Gasteiger partial charge in [-0.2, -0.15) is 0 Å². The minimum atomic E-state index is -0.250. The summed E-state index contributed by atoms with van der Waals surface area (Å²) in [6.45, 7) is -0.250. The van der Waals surface area contributed by atoms with Crippen molar-refractivity contribution >= 4 is 28.1 Å². The summed E-state index contributed by atoms with van der Waals surface area (Å²) in [7, 11) is 3.58. The lowest BCUT2D eigenvalue weighted by atomic mass is 10.4. The van der Waals surface area contributed by atoms with Gasteiger partial charge < -0.3 is 5.11 Å². The van der Waals surface area contributed by atoms with Gasteiger partial charge in [0.1, 0.15) is 0 Å². The fraction of sp³-hybridized carbons (Fsp3) is 0. The molecule has 0 radical (unpaired) electrons. The summed E-state index contributed by atoms with van der Waals surface area (Å²) in [5.41, 5.74) is 0. The minimum Gasteiger partial charge on any atom is -0.483 e. The van der Waals surface area contributed by atoms with Crippen molar-refractivity contribution in [3.8, 4) is 0 Å². The Kier molecular flexibility index (Phi) is 7.02. The van der Waals surface area contributed by atoms with Crippen LogP contribution in [0.2, 0.25) is 0 Å². The number of rotatable bonds is 3. The zero-order chi connectivity index (χ0) is 12.3. The van der Waals surface area contributed by atoms with Crippen molar-refractivity contribution in [2.45, 2.75) is 9.79 Å². The molecule has 0 bridgehead atoms. The fourth-order valence-corrected chi connectivity index (χ4v) is 3.02. The molecule has 0 aromatic heterocycles. The molecule has 0 atom stereocenters. The lowest BCUT2D eigenvalue weighted by molar-refractivity contribution is -0.122. The first kappa shape index (κ1) is 13.7. The van der Waals surface area contributed by atoms with Crippen LogP contribution < -0.4 is 0 Å². The molecule has 0 aliphatic rings. The normalized spacial score (nSPS) is 8.94. The second kappa shape index (κ2) is 8.73. The maximum Gasteiger partial charge on any atom is 0.290 e. The molecule has 0 spiro atoms. The Labute approximate surface area is 108 Å². The summed E-state index contributed by atoms with van der Waals surface area (Å²) < 4.78 is 0. The van der Waals surface area contributed by atoms with Gasteiger partial charge in [0.2, 0.25) is 0 Å². The van der Waals surface area contributed by atoms with E-state index in [4.69, 9.17) is 9.90 Å². The highest BCUT2D eigenvalue weighted by atomic mass is 33.1. The number of hydrogen-bond acceptors (Lipinski definition) is 3. The molecule has 0 aliphatic heterocycles. The van der Waals surface area contributed by atoms with Crippen LogP contribution in [-0.2, 0) is 4.79 Å². The molecule has 1 N–H and O–H groups in total. The molecule has 0 unspecified atom stereocenters.